The lowest BCUT2D eigenvalue weighted by Gasteiger charge is -2.29. The third kappa shape index (κ3) is 4.01. The third-order valence-electron chi connectivity index (χ3n) is 4.87. The van der Waals surface area contributed by atoms with Crippen molar-refractivity contribution in [1.82, 2.24) is 4.90 Å². The second-order valence-electron chi connectivity index (χ2n) is 6.91. The molecular weight excluding hydrogens is 282 g/mol. The quantitative estimate of drug-likeness (QED) is 0.867. The van der Waals surface area contributed by atoms with Crippen molar-refractivity contribution < 1.29 is 5.11 Å². The molecule has 2 heteroatoms. The largest absolute Gasteiger partial charge is 0.387 e. The highest BCUT2D eigenvalue weighted by molar-refractivity contribution is 5.36. The standard InChI is InChI=1S/C21H27NO/c1-16(2)22(14-17-7-4-3-5-8-17)15-21(23)20-12-11-18-9-6-10-19(18)13-20/h3-5,7-8,11-13,16,21,23H,6,9-10,14-15H2,1-2H3. The van der Waals surface area contributed by atoms with Crippen LogP contribution in [0.5, 0.6) is 0 Å². The van der Waals surface area contributed by atoms with Crippen LogP contribution < -0.4 is 0 Å². The van der Waals surface area contributed by atoms with Crippen molar-refractivity contribution in [1.29, 1.82) is 0 Å². The first-order valence-corrected chi connectivity index (χ1v) is 8.71. The van der Waals surface area contributed by atoms with Gasteiger partial charge in [-0.3, -0.25) is 4.90 Å². The van der Waals surface area contributed by atoms with Gasteiger partial charge in [0, 0.05) is 19.1 Å². The van der Waals surface area contributed by atoms with Gasteiger partial charge in [0.2, 0.25) is 0 Å². The second kappa shape index (κ2) is 7.29. The van der Waals surface area contributed by atoms with Gasteiger partial charge >= 0.3 is 0 Å². The van der Waals surface area contributed by atoms with E-state index in [-0.39, 0.29) is 0 Å². The fraction of sp³-hybridized carbons (Fsp3) is 0.429. The van der Waals surface area contributed by atoms with Crippen LogP contribution in [0.4, 0.5) is 0 Å². The van der Waals surface area contributed by atoms with Gasteiger partial charge in [0.1, 0.15) is 0 Å². The average molecular weight is 309 g/mol. The molecule has 1 unspecified atom stereocenters. The van der Waals surface area contributed by atoms with Crippen molar-refractivity contribution in [3.63, 3.8) is 0 Å². The van der Waals surface area contributed by atoms with Crippen LogP contribution in [0.15, 0.2) is 48.5 Å². The molecule has 0 amide bonds. The van der Waals surface area contributed by atoms with Crippen molar-refractivity contribution in [2.45, 2.75) is 51.8 Å². The fourth-order valence-corrected chi connectivity index (χ4v) is 3.40. The topological polar surface area (TPSA) is 23.5 Å². The maximum atomic E-state index is 10.7. The predicted octanol–water partition coefficient (Wildman–Crippen LogP) is 4.12. The second-order valence-corrected chi connectivity index (χ2v) is 6.91. The molecule has 0 radical (unpaired) electrons. The average Bonchev–Trinajstić information content (AvgIpc) is 3.02. The first kappa shape index (κ1) is 16.2. The molecule has 2 aromatic rings. The number of aliphatic hydroxyl groups is 1. The molecule has 1 atom stereocenters. The van der Waals surface area contributed by atoms with E-state index in [4.69, 9.17) is 0 Å². The van der Waals surface area contributed by atoms with Gasteiger partial charge in [-0.1, -0.05) is 48.5 Å². The van der Waals surface area contributed by atoms with Crippen molar-refractivity contribution in [3.8, 4) is 0 Å². The van der Waals surface area contributed by atoms with Gasteiger partial charge in [-0.05, 0) is 55.4 Å². The van der Waals surface area contributed by atoms with E-state index in [1.165, 1.54) is 29.5 Å². The van der Waals surface area contributed by atoms with E-state index >= 15 is 0 Å². The monoisotopic (exact) mass is 309 g/mol. The SMILES string of the molecule is CC(C)N(Cc1ccccc1)CC(O)c1ccc2c(c1)CCC2. The molecule has 0 spiro atoms. The molecule has 3 rings (SSSR count). The summed E-state index contributed by atoms with van der Waals surface area (Å²) in [5.74, 6) is 0. The highest BCUT2D eigenvalue weighted by Gasteiger charge is 2.19. The summed E-state index contributed by atoms with van der Waals surface area (Å²) in [6.45, 7) is 5.93. The van der Waals surface area contributed by atoms with Crippen LogP contribution in [0.1, 0.15) is 48.6 Å². The van der Waals surface area contributed by atoms with Gasteiger partial charge in [0.15, 0.2) is 0 Å². The normalized spacial score (nSPS) is 15.2. The summed E-state index contributed by atoms with van der Waals surface area (Å²) in [5.41, 5.74) is 5.25. The molecule has 0 heterocycles. The zero-order valence-electron chi connectivity index (χ0n) is 14.2. The van der Waals surface area contributed by atoms with E-state index in [9.17, 15) is 5.11 Å². The highest BCUT2D eigenvalue weighted by atomic mass is 16.3. The van der Waals surface area contributed by atoms with Crippen molar-refractivity contribution >= 4 is 0 Å². The summed E-state index contributed by atoms with van der Waals surface area (Å²) in [7, 11) is 0. The first-order valence-electron chi connectivity index (χ1n) is 8.71. The molecule has 0 bridgehead atoms. The molecule has 0 fully saturated rings. The molecule has 0 saturated carbocycles. The van der Waals surface area contributed by atoms with E-state index in [1.807, 2.05) is 6.07 Å². The van der Waals surface area contributed by atoms with Gasteiger partial charge in [0.05, 0.1) is 6.10 Å². The van der Waals surface area contributed by atoms with E-state index in [1.54, 1.807) is 0 Å². The summed E-state index contributed by atoms with van der Waals surface area (Å²) in [6, 6.07) is 17.4. The Morgan fingerprint density at radius 1 is 1.00 bits per heavy atom. The summed E-state index contributed by atoms with van der Waals surface area (Å²) in [4.78, 5) is 2.34. The Bertz CT molecular complexity index is 636. The van der Waals surface area contributed by atoms with Crippen LogP contribution in [0.25, 0.3) is 0 Å². The smallest absolute Gasteiger partial charge is 0.0917 e. The van der Waals surface area contributed by atoms with E-state index < -0.39 is 6.10 Å². The Labute approximate surface area is 139 Å². The van der Waals surface area contributed by atoms with Crippen LogP contribution in [0.3, 0.4) is 0 Å². The zero-order valence-corrected chi connectivity index (χ0v) is 14.2. The lowest BCUT2D eigenvalue weighted by Crippen LogP contribution is -2.34. The summed E-state index contributed by atoms with van der Waals surface area (Å²) < 4.78 is 0. The Balaban J connectivity index is 1.69. The number of fused-ring (bicyclic) bond motifs is 1. The number of benzene rings is 2. The Morgan fingerprint density at radius 2 is 1.74 bits per heavy atom. The van der Waals surface area contributed by atoms with Crippen LogP contribution in [0, 0.1) is 0 Å². The molecule has 0 aromatic heterocycles. The molecule has 1 aliphatic carbocycles. The maximum absolute atomic E-state index is 10.7. The third-order valence-corrected chi connectivity index (χ3v) is 4.87. The number of nitrogens with zero attached hydrogens (tertiary/aromatic N) is 1. The van der Waals surface area contributed by atoms with Gasteiger partial charge in [-0.15, -0.1) is 0 Å². The maximum Gasteiger partial charge on any atom is 0.0917 e. The number of aryl methyl sites for hydroxylation is 2. The molecule has 0 aliphatic heterocycles. The van der Waals surface area contributed by atoms with Crippen LogP contribution in [-0.4, -0.2) is 22.6 Å². The lowest BCUT2D eigenvalue weighted by molar-refractivity contribution is 0.0907. The molecule has 2 nitrogen and oxygen atoms in total. The van der Waals surface area contributed by atoms with Crippen LogP contribution in [-0.2, 0) is 19.4 Å². The van der Waals surface area contributed by atoms with Crippen LogP contribution >= 0.6 is 0 Å². The molecular formula is C21H27NO. The number of aliphatic hydroxyl groups excluding tert-OH is 1. The minimum atomic E-state index is -0.424. The molecule has 0 saturated heterocycles. The predicted molar refractivity (Wildman–Crippen MR) is 95.4 cm³/mol. The van der Waals surface area contributed by atoms with Gasteiger partial charge < -0.3 is 5.11 Å². The summed E-state index contributed by atoms with van der Waals surface area (Å²) in [5, 5.41) is 10.7. The van der Waals surface area contributed by atoms with Crippen molar-refractivity contribution in [2.75, 3.05) is 6.54 Å². The minimum Gasteiger partial charge on any atom is -0.387 e. The summed E-state index contributed by atoms with van der Waals surface area (Å²) >= 11 is 0. The molecule has 2 aromatic carbocycles. The molecule has 1 N–H and O–H groups in total. The highest BCUT2D eigenvalue weighted by Crippen LogP contribution is 2.26. The molecule has 23 heavy (non-hydrogen) atoms. The molecule has 1 aliphatic rings. The molecule has 122 valence electrons. The number of hydrogen-bond acceptors (Lipinski definition) is 2. The van der Waals surface area contributed by atoms with Gasteiger partial charge in [-0.2, -0.15) is 0 Å². The lowest BCUT2D eigenvalue weighted by atomic mass is 10.0. The van der Waals surface area contributed by atoms with E-state index in [0.717, 1.165) is 18.5 Å². The summed E-state index contributed by atoms with van der Waals surface area (Å²) in [6.07, 6.45) is 3.18. The van der Waals surface area contributed by atoms with Gasteiger partial charge in [0.25, 0.3) is 0 Å². The Hall–Kier alpha value is -1.64. The van der Waals surface area contributed by atoms with Crippen LogP contribution in [0.2, 0.25) is 0 Å². The number of rotatable bonds is 6. The van der Waals surface area contributed by atoms with Gasteiger partial charge in [-0.25, -0.2) is 0 Å². The van der Waals surface area contributed by atoms with Crippen molar-refractivity contribution in [2.24, 2.45) is 0 Å². The number of hydrogen-bond donors (Lipinski definition) is 1. The van der Waals surface area contributed by atoms with E-state index in [0.29, 0.717) is 12.6 Å². The Morgan fingerprint density at radius 3 is 2.48 bits per heavy atom. The van der Waals surface area contributed by atoms with E-state index in [2.05, 4.69) is 61.2 Å². The zero-order chi connectivity index (χ0) is 16.2. The minimum absolute atomic E-state index is 0.402. The Kier molecular flexibility index (Phi) is 5.14. The fourth-order valence-electron chi connectivity index (χ4n) is 3.40. The van der Waals surface area contributed by atoms with Crippen molar-refractivity contribution in [3.05, 3.63) is 70.8 Å². The first-order chi connectivity index (χ1) is 11.1.